The third kappa shape index (κ3) is 6.40. The maximum Gasteiger partial charge on any atom is 0.420 e. The summed E-state index contributed by atoms with van der Waals surface area (Å²) in [6.07, 6.45) is -6.76. The molecule has 0 aromatic heterocycles. The van der Waals surface area contributed by atoms with Gasteiger partial charge in [-0.15, -0.1) is 0 Å². The van der Waals surface area contributed by atoms with E-state index >= 15 is 4.39 Å². The molecule has 4 rings (SSSR count). The minimum atomic E-state index is -5.14. The lowest BCUT2D eigenvalue weighted by Crippen LogP contribution is -2.37. The zero-order valence-electron chi connectivity index (χ0n) is 21.6. The quantitative estimate of drug-likeness (QED) is 0.366. The molecule has 0 amide bonds. The molecule has 7 nitrogen and oxygen atoms in total. The lowest BCUT2D eigenvalue weighted by Gasteiger charge is -2.29. The highest BCUT2D eigenvalue weighted by molar-refractivity contribution is 7.92. The molecule has 0 aliphatic carbocycles. The highest BCUT2D eigenvalue weighted by Crippen LogP contribution is 2.48. The van der Waals surface area contributed by atoms with Gasteiger partial charge in [0.25, 0.3) is 0 Å². The van der Waals surface area contributed by atoms with Gasteiger partial charge in [-0.25, -0.2) is 26.0 Å². The Labute approximate surface area is 230 Å². The van der Waals surface area contributed by atoms with Gasteiger partial charge in [0, 0.05) is 37.2 Å². The Morgan fingerprint density at radius 3 is 2.37 bits per heavy atom. The Kier molecular flexibility index (Phi) is 8.26. The van der Waals surface area contributed by atoms with E-state index in [9.17, 15) is 44.7 Å². The summed E-state index contributed by atoms with van der Waals surface area (Å²) in [5, 5.41) is 9.62. The van der Waals surface area contributed by atoms with Crippen molar-refractivity contribution in [2.45, 2.75) is 48.7 Å². The zero-order chi connectivity index (χ0) is 30.4. The summed E-state index contributed by atoms with van der Waals surface area (Å²) in [6, 6.07) is 5.06. The third-order valence-electron chi connectivity index (χ3n) is 7.20. The van der Waals surface area contributed by atoms with Gasteiger partial charge in [-0.1, -0.05) is 0 Å². The number of aliphatic carboxylic acids is 1. The van der Waals surface area contributed by atoms with E-state index in [4.69, 9.17) is 9.47 Å². The number of nitrogens with zero attached hydrogens (tertiary/aromatic N) is 1. The molecule has 0 spiro atoms. The molecule has 2 aliphatic heterocycles. The number of halogens is 7. The van der Waals surface area contributed by atoms with E-state index in [-0.39, 0.29) is 25.3 Å². The smallest absolute Gasteiger partial charge is 0.420 e. The summed E-state index contributed by atoms with van der Waals surface area (Å²) >= 11 is 0. The fourth-order valence-electron chi connectivity index (χ4n) is 4.81. The van der Waals surface area contributed by atoms with Crippen molar-refractivity contribution in [3.8, 4) is 5.75 Å². The standard InChI is InChI=1S/C26H26F7NO6S/c1-24(29,30)7-6-15-12-34(17-4-2-16(27)3-5-17)19-10-18(26(31,32)33)20(11-21(19)41(37,38)22(15)28)40-14-25(23(35)36)8-9-39-13-25/h2-5,10-11,15,22H,6-9,12-14H2,1H3,(H,35,36)/t15-,22+,25-/m1/s1. The molecule has 1 saturated heterocycles. The Balaban J connectivity index is 1.88. The number of carbonyl (C=O) groups is 1. The van der Waals surface area contributed by atoms with Crippen LogP contribution in [0.15, 0.2) is 41.3 Å². The van der Waals surface area contributed by atoms with E-state index in [0.29, 0.717) is 19.1 Å². The van der Waals surface area contributed by atoms with E-state index in [0.717, 1.165) is 29.2 Å². The predicted molar refractivity (Wildman–Crippen MR) is 131 cm³/mol. The number of rotatable bonds is 8. The van der Waals surface area contributed by atoms with Crippen LogP contribution in [0.3, 0.4) is 0 Å². The molecule has 2 aromatic rings. The van der Waals surface area contributed by atoms with E-state index in [1.54, 1.807) is 0 Å². The average molecular weight is 614 g/mol. The van der Waals surface area contributed by atoms with Gasteiger partial charge in [-0.3, -0.25) is 4.79 Å². The molecule has 2 aromatic carbocycles. The van der Waals surface area contributed by atoms with Gasteiger partial charge in [-0.2, -0.15) is 13.2 Å². The predicted octanol–water partition coefficient (Wildman–Crippen LogP) is 5.99. The van der Waals surface area contributed by atoms with Crippen molar-refractivity contribution in [2.75, 3.05) is 31.3 Å². The van der Waals surface area contributed by atoms with Gasteiger partial charge < -0.3 is 19.5 Å². The van der Waals surface area contributed by atoms with Crippen molar-refractivity contribution in [3.05, 3.63) is 47.8 Å². The first-order valence-corrected chi connectivity index (χ1v) is 14.0. The number of hydrogen-bond acceptors (Lipinski definition) is 6. The van der Waals surface area contributed by atoms with Crippen molar-refractivity contribution in [1.82, 2.24) is 0 Å². The van der Waals surface area contributed by atoms with Gasteiger partial charge in [-0.05, 0) is 50.1 Å². The molecule has 2 heterocycles. The lowest BCUT2D eigenvalue weighted by atomic mass is 9.88. The largest absolute Gasteiger partial charge is 0.492 e. The van der Waals surface area contributed by atoms with Gasteiger partial charge in [0.2, 0.25) is 21.3 Å². The number of hydrogen-bond donors (Lipinski definition) is 1. The van der Waals surface area contributed by atoms with E-state index in [1.807, 2.05) is 0 Å². The maximum absolute atomic E-state index is 15.7. The molecule has 15 heteroatoms. The molecular formula is C26H26F7NO6S. The number of carboxylic acid groups (broad SMARTS) is 1. The van der Waals surface area contributed by atoms with Gasteiger partial charge >= 0.3 is 12.1 Å². The molecular weight excluding hydrogens is 587 g/mol. The summed E-state index contributed by atoms with van der Waals surface area (Å²) in [5.41, 5.74) is -6.60. The number of anilines is 2. The Morgan fingerprint density at radius 1 is 1.17 bits per heavy atom. The first-order chi connectivity index (χ1) is 18.9. The van der Waals surface area contributed by atoms with Crippen molar-refractivity contribution in [3.63, 3.8) is 0 Å². The van der Waals surface area contributed by atoms with Crippen LogP contribution in [0.4, 0.5) is 42.1 Å². The van der Waals surface area contributed by atoms with Crippen LogP contribution in [0.25, 0.3) is 0 Å². The summed E-state index contributed by atoms with van der Waals surface area (Å²) in [5.74, 6) is -8.06. The fourth-order valence-corrected chi connectivity index (χ4v) is 6.52. The molecule has 3 atom stereocenters. The van der Waals surface area contributed by atoms with Crippen LogP contribution in [0, 0.1) is 17.2 Å². The Morgan fingerprint density at radius 2 is 1.83 bits per heavy atom. The van der Waals surface area contributed by atoms with Crippen LogP contribution in [0.1, 0.15) is 31.7 Å². The van der Waals surface area contributed by atoms with Crippen molar-refractivity contribution in [1.29, 1.82) is 0 Å². The van der Waals surface area contributed by atoms with Crippen molar-refractivity contribution in [2.24, 2.45) is 11.3 Å². The number of benzene rings is 2. The van der Waals surface area contributed by atoms with Gasteiger partial charge in [0.1, 0.15) is 23.6 Å². The number of carboxylic acids is 1. The van der Waals surface area contributed by atoms with Crippen LogP contribution in [-0.2, 0) is 25.5 Å². The normalized spacial score (nSPS) is 24.5. The first-order valence-electron chi connectivity index (χ1n) is 12.4. The summed E-state index contributed by atoms with van der Waals surface area (Å²) in [4.78, 5) is 11.9. The topological polar surface area (TPSA) is 93.1 Å². The van der Waals surface area contributed by atoms with Crippen LogP contribution < -0.4 is 9.64 Å². The molecule has 1 N–H and O–H groups in total. The zero-order valence-corrected chi connectivity index (χ0v) is 22.4. The molecule has 41 heavy (non-hydrogen) atoms. The molecule has 0 unspecified atom stereocenters. The molecule has 2 aliphatic rings. The minimum Gasteiger partial charge on any atom is -0.492 e. The molecule has 0 saturated carbocycles. The maximum atomic E-state index is 15.7. The van der Waals surface area contributed by atoms with Crippen LogP contribution in [0.2, 0.25) is 0 Å². The molecule has 1 fully saturated rings. The Bertz CT molecular complexity index is 1390. The monoisotopic (exact) mass is 613 g/mol. The second-order valence-electron chi connectivity index (χ2n) is 10.3. The number of sulfone groups is 1. The SMILES string of the molecule is CC(F)(F)CC[C@@H]1CN(c2ccc(F)cc2)c2cc(C(F)(F)F)c(OC[C@@]3(C(=O)O)CCOC3)cc2S(=O)(=O)[C@@H]1F. The summed E-state index contributed by atoms with van der Waals surface area (Å²) < 4.78 is 137. The highest BCUT2D eigenvalue weighted by atomic mass is 32.2. The number of ether oxygens (including phenoxy) is 2. The van der Waals surface area contributed by atoms with Gasteiger partial charge in [0.05, 0.1) is 22.8 Å². The third-order valence-corrected chi connectivity index (χ3v) is 9.12. The molecule has 0 bridgehead atoms. The lowest BCUT2D eigenvalue weighted by molar-refractivity contribution is -0.151. The van der Waals surface area contributed by atoms with E-state index in [1.165, 1.54) is 0 Å². The highest BCUT2D eigenvalue weighted by Gasteiger charge is 2.47. The summed E-state index contributed by atoms with van der Waals surface area (Å²) in [7, 11) is -5.09. The molecule has 0 radical (unpaired) electrons. The summed E-state index contributed by atoms with van der Waals surface area (Å²) in [6.45, 7) is -1.21. The molecule has 226 valence electrons. The number of fused-ring (bicyclic) bond motifs is 1. The van der Waals surface area contributed by atoms with Crippen LogP contribution in [0.5, 0.6) is 5.75 Å². The second-order valence-corrected chi connectivity index (χ2v) is 12.3. The minimum absolute atomic E-state index is 0.00864. The van der Waals surface area contributed by atoms with Crippen molar-refractivity contribution < 1.29 is 58.5 Å². The average Bonchev–Trinajstić information content (AvgIpc) is 3.34. The van der Waals surface area contributed by atoms with E-state index in [2.05, 4.69) is 0 Å². The number of alkyl halides is 6. The first kappa shape index (κ1) is 30.9. The fraction of sp³-hybridized carbons (Fsp3) is 0.500. The second kappa shape index (κ2) is 11.0. The van der Waals surface area contributed by atoms with Crippen LogP contribution in [-0.4, -0.2) is 57.3 Å². The van der Waals surface area contributed by atoms with E-state index < -0.39 is 98.4 Å². The van der Waals surface area contributed by atoms with Crippen molar-refractivity contribution >= 4 is 27.2 Å². The van der Waals surface area contributed by atoms with Crippen LogP contribution >= 0.6 is 0 Å². The Hall–Kier alpha value is -3.07. The van der Waals surface area contributed by atoms with Gasteiger partial charge in [0.15, 0.2) is 0 Å².